The molecule has 0 bridgehead atoms. The summed E-state index contributed by atoms with van der Waals surface area (Å²) in [6.07, 6.45) is 0. The van der Waals surface area contributed by atoms with Gasteiger partial charge in [0.1, 0.15) is 0 Å². The van der Waals surface area contributed by atoms with Crippen molar-refractivity contribution in [2.75, 3.05) is 13.1 Å². The molecule has 0 aliphatic carbocycles. The van der Waals surface area contributed by atoms with Crippen LogP contribution in [0.5, 0.6) is 0 Å². The molecule has 2 heterocycles. The van der Waals surface area contributed by atoms with Crippen LogP contribution < -0.4 is 5.32 Å². The number of nitrogens with zero attached hydrogens (tertiary/aromatic N) is 1. The van der Waals surface area contributed by atoms with E-state index in [2.05, 4.69) is 30.1 Å². The largest absolute Gasteiger partial charge is 0.311 e. The van der Waals surface area contributed by atoms with Gasteiger partial charge in [0.2, 0.25) is 0 Å². The second-order valence-electron chi connectivity index (χ2n) is 4.29. The van der Waals surface area contributed by atoms with Crippen molar-refractivity contribution < 1.29 is 0 Å². The van der Waals surface area contributed by atoms with E-state index in [0.717, 1.165) is 24.0 Å². The van der Waals surface area contributed by atoms with Crippen LogP contribution in [0.1, 0.15) is 18.7 Å². The van der Waals surface area contributed by atoms with Gasteiger partial charge in [0, 0.05) is 36.6 Å². The first-order chi connectivity index (χ1) is 7.15. The summed E-state index contributed by atoms with van der Waals surface area (Å²) < 4.78 is 0.890. The fourth-order valence-electron chi connectivity index (χ4n) is 1.95. The summed E-state index contributed by atoms with van der Waals surface area (Å²) >= 11 is 7.62. The van der Waals surface area contributed by atoms with Crippen LogP contribution in [0.25, 0.3) is 0 Å². The van der Waals surface area contributed by atoms with Crippen LogP contribution in [0.2, 0.25) is 4.34 Å². The van der Waals surface area contributed by atoms with Gasteiger partial charge in [0.25, 0.3) is 0 Å². The van der Waals surface area contributed by atoms with Crippen molar-refractivity contribution in [3.63, 3.8) is 0 Å². The van der Waals surface area contributed by atoms with Gasteiger partial charge in [0.15, 0.2) is 0 Å². The maximum Gasteiger partial charge on any atom is 0.0931 e. The quantitative estimate of drug-likeness (QED) is 0.861. The number of rotatable bonds is 2. The lowest BCUT2D eigenvalue weighted by atomic mass is 10.1. The third-order valence-corrected chi connectivity index (χ3v) is 4.10. The fraction of sp³-hybridized carbons (Fsp3) is 0.636. The van der Waals surface area contributed by atoms with Crippen LogP contribution in [0.4, 0.5) is 0 Å². The first-order valence-electron chi connectivity index (χ1n) is 5.37. The Bertz CT molecular complexity index is 326. The lowest BCUT2D eigenvalue weighted by Crippen LogP contribution is -2.53. The smallest absolute Gasteiger partial charge is 0.0931 e. The standard InChI is InChI=1S/C11H17ClN2S/c1-8-6-14(9(2)5-13-8)7-10-3-4-11(12)15-10/h3-4,8-9,13H,5-7H2,1-2H3. The number of piperazine rings is 1. The van der Waals surface area contributed by atoms with Crippen LogP contribution in [-0.2, 0) is 6.54 Å². The van der Waals surface area contributed by atoms with E-state index in [4.69, 9.17) is 11.6 Å². The molecule has 2 rings (SSSR count). The summed E-state index contributed by atoms with van der Waals surface area (Å²) in [4.78, 5) is 3.88. The van der Waals surface area contributed by atoms with Gasteiger partial charge >= 0.3 is 0 Å². The summed E-state index contributed by atoms with van der Waals surface area (Å²) in [5, 5.41) is 3.49. The molecule has 0 amide bonds. The average molecular weight is 245 g/mol. The van der Waals surface area contributed by atoms with E-state index >= 15 is 0 Å². The van der Waals surface area contributed by atoms with Crippen molar-refractivity contribution in [1.29, 1.82) is 0 Å². The van der Waals surface area contributed by atoms with Crippen LogP contribution in [0.3, 0.4) is 0 Å². The van der Waals surface area contributed by atoms with E-state index < -0.39 is 0 Å². The van der Waals surface area contributed by atoms with Gasteiger partial charge in [-0.05, 0) is 26.0 Å². The molecule has 1 fully saturated rings. The lowest BCUT2D eigenvalue weighted by molar-refractivity contribution is 0.140. The molecule has 0 aromatic carbocycles. The Labute approximate surface area is 100 Å². The Morgan fingerprint density at radius 1 is 1.53 bits per heavy atom. The Morgan fingerprint density at radius 3 is 3.00 bits per heavy atom. The minimum atomic E-state index is 0.594. The summed E-state index contributed by atoms with van der Waals surface area (Å²) in [7, 11) is 0. The molecular formula is C11H17ClN2S. The molecule has 15 heavy (non-hydrogen) atoms. The normalized spacial score (nSPS) is 28.2. The molecule has 1 aromatic heterocycles. The van der Waals surface area contributed by atoms with Crippen LogP contribution >= 0.6 is 22.9 Å². The van der Waals surface area contributed by atoms with Crippen molar-refractivity contribution >= 4 is 22.9 Å². The summed E-state index contributed by atoms with van der Waals surface area (Å²) in [5.74, 6) is 0. The van der Waals surface area contributed by atoms with E-state index in [1.165, 1.54) is 4.88 Å². The Morgan fingerprint density at radius 2 is 2.33 bits per heavy atom. The monoisotopic (exact) mass is 244 g/mol. The average Bonchev–Trinajstić information content (AvgIpc) is 2.58. The zero-order chi connectivity index (χ0) is 10.8. The minimum absolute atomic E-state index is 0.594. The number of nitrogens with one attached hydrogen (secondary N) is 1. The highest BCUT2D eigenvalue weighted by Gasteiger charge is 2.22. The van der Waals surface area contributed by atoms with Crippen LogP contribution in [0.15, 0.2) is 12.1 Å². The Balaban J connectivity index is 1.98. The SMILES string of the molecule is CC1CN(Cc2ccc(Cl)s2)C(C)CN1. The fourth-order valence-corrected chi connectivity index (χ4v) is 3.07. The molecule has 84 valence electrons. The number of thiophene rings is 1. The summed E-state index contributed by atoms with van der Waals surface area (Å²) in [6, 6.07) is 5.32. The topological polar surface area (TPSA) is 15.3 Å². The number of hydrogen-bond acceptors (Lipinski definition) is 3. The van der Waals surface area contributed by atoms with E-state index in [1.807, 2.05) is 6.07 Å². The minimum Gasteiger partial charge on any atom is -0.311 e. The molecule has 2 unspecified atom stereocenters. The van der Waals surface area contributed by atoms with Gasteiger partial charge in [-0.1, -0.05) is 11.6 Å². The molecule has 1 saturated heterocycles. The molecule has 4 heteroatoms. The zero-order valence-electron chi connectivity index (χ0n) is 9.16. The predicted octanol–water partition coefficient (Wildman–Crippen LogP) is 2.58. The molecule has 0 saturated carbocycles. The van der Waals surface area contributed by atoms with E-state index in [0.29, 0.717) is 12.1 Å². The second-order valence-corrected chi connectivity index (χ2v) is 6.09. The molecule has 1 aromatic rings. The maximum atomic E-state index is 5.93. The van der Waals surface area contributed by atoms with Crippen LogP contribution in [-0.4, -0.2) is 30.1 Å². The molecule has 1 N–H and O–H groups in total. The van der Waals surface area contributed by atoms with Gasteiger partial charge in [0.05, 0.1) is 4.34 Å². The van der Waals surface area contributed by atoms with Crippen molar-refractivity contribution in [2.24, 2.45) is 0 Å². The van der Waals surface area contributed by atoms with Gasteiger partial charge in [-0.15, -0.1) is 11.3 Å². The summed E-state index contributed by atoms with van der Waals surface area (Å²) in [5.41, 5.74) is 0. The zero-order valence-corrected chi connectivity index (χ0v) is 10.7. The molecule has 1 aliphatic heterocycles. The molecular weight excluding hydrogens is 228 g/mol. The van der Waals surface area contributed by atoms with Crippen molar-refractivity contribution in [3.8, 4) is 0 Å². The predicted molar refractivity (Wildman–Crippen MR) is 66.7 cm³/mol. The molecule has 0 radical (unpaired) electrons. The number of hydrogen-bond donors (Lipinski definition) is 1. The van der Waals surface area contributed by atoms with E-state index in [-0.39, 0.29) is 0 Å². The first kappa shape index (κ1) is 11.4. The van der Waals surface area contributed by atoms with Gasteiger partial charge < -0.3 is 5.32 Å². The third-order valence-electron chi connectivity index (χ3n) is 2.88. The molecule has 2 atom stereocenters. The lowest BCUT2D eigenvalue weighted by Gasteiger charge is -2.37. The van der Waals surface area contributed by atoms with Crippen LogP contribution in [0, 0.1) is 0 Å². The van der Waals surface area contributed by atoms with Gasteiger partial charge in [-0.25, -0.2) is 0 Å². The van der Waals surface area contributed by atoms with Gasteiger partial charge in [-0.3, -0.25) is 4.90 Å². The second kappa shape index (κ2) is 4.83. The van der Waals surface area contributed by atoms with E-state index in [1.54, 1.807) is 11.3 Å². The van der Waals surface area contributed by atoms with Crippen molar-refractivity contribution in [2.45, 2.75) is 32.5 Å². The van der Waals surface area contributed by atoms with Crippen molar-refractivity contribution in [1.82, 2.24) is 10.2 Å². The highest BCUT2D eigenvalue weighted by Crippen LogP contribution is 2.23. The Kier molecular flexibility index (Phi) is 3.67. The maximum absolute atomic E-state index is 5.93. The molecule has 2 nitrogen and oxygen atoms in total. The first-order valence-corrected chi connectivity index (χ1v) is 6.56. The highest BCUT2D eigenvalue weighted by atomic mass is 35.5. The number of halogens is 1. The highest BCUT2D eigenvalue weighted by molar-refractivity contribution is 7.16. The Hall–Kier alpha value is -0.0900. The van der Waals surface area contributed by atoms with Gasteiger partial charge in [-0.2, -0.15) is 0 Å². The molecule has 1 aliphatic rings. The summed E-state index contributed by atoms with van der Waals surface area (Å²) in [6.45, 7) is 7.75. The third kappa shape index (κ3) is 2.94. The van der Waals surface area contributed by atoms with E-state index in [9.17, 15) is 0 Å². The molecule has 0 spiro atoms. The van der Waals surface area contributed by atoms with Crippen molar-refractivity contribution in [3.05, 3.63) is 21.3 Å².